The number of hydrogen-bond acceptors (Lipinski definition) is 5. The van der Waals surface area contributed by atoms with E-state index in [0.29, 0.717) is 12.5 Å². The van der Waals surface area contributed by atoms with Crippen molar-refractivity contribution in [2.45, 2.75) is 58.3 Å². The van der Waals surface area contributed by atoms with Crippen molar-refractivity contribution in [3.8, 4) is 0 Å². The Kier molecular flexibility index (Phi) is 7.89. The van der Waals surface area contributed by atoms with Gasteiger partial charge in [-0.1, -0.05) is 32.5 Å². The molecule has 3 N–H and O–H groups in total. The van der Waals surface area contributed by atoms with Gasteiger partial charge in [-0.2, -0.15) is 0 Å². The largest absolute Gasteiger partial charge is 0.356 e. The van der Waals surface area contributed by atoms with Crippen LogP contribution < -0.4 is 11.1 Å². The van der Waals surface area contributed by atoms with Crippen molar-refractivity contribution in [2.24, 2.45) is 17.6 Å². The van der Waals surface area contributed by atoms with E-state index in [2.05, 4.69) is 33.9 Å². The summed E-state index contributed by atoms with van der Waals surface area (Å²) in [5.41, 5.74) is 5.73. The van der Waals surface area contributed by atoms with Crippen LogP contribution in [0.15, 0.2) is 5.16 Å². The summed E-state index contributed by atoms with van der Waals surface area (Å²) in [5.74, 6) is 1.40. The van der Waals surface area contributed by atoms with Crippen LogP contribution in [0.1, 0.15) is 39.9 Å². The highest BCUT2D eigenvalue weighted by Crippen LogP contribution is 2.16. The molecule has 1 amide bonds. The van der Waals surface area contributed by atoms with Crippen molar-refractivity contribution >= 4 is 17.7 Å². The molecular weight excluding hydrogens is 298 g/mol. The number of aryl methyl sites for hydroxylation is 1. The molecule has 2 atom stereocenters. The second kappa shape index (κ2) is 9.15. The van der Waals surface area contributed by atoms with Gasteiger partial charge in [0.25, 0.3) is 0 Å². The van der Waals surface area contributed by atoms with Crippen molar-refractivity contribution in [3.63, 3.8) is 0 Å². The van der Waals surface area contributed by atoms with Crippen molar-refractivity contribution < 1.29 is 4.79 Å². The molecule has 22 heavy (non-hydrogen) atoms. The fraction of sp³-hybridized carbons (Fsp3) is 0.800. The number of rotatable bonds is 9. The van der Waals surface area contributed by atoms with Gasteiger partial charge in [-0.15, -0.1) is 10.2 Å². The predicted molar refractivity (Wildman–Crippen MR) is 90.8 cm³/mol. The summed E-state index contributed by atoms with van der Waals surface area (Å²) in [6.07, 6.45) is 3.68. The van der Waals surface area contributed by atoms with Crippen molar-refractivity contribution in [3.05, 3.63) is 5.82 Å². The van der Waals surface area contributed by atoms with Crippen LogP contribution in [0.5, 0.6) is 0 Å². The zero-order valence-corrected chi connectivity index (χ0v) is 15.1. The third-order valence-corrected chi connectivity index (χ3v) is 4.27. The molecule has 0 bridgehead atoms. The molecule has 0 aliphatic carbocycles. The fourth-order valence-corrected chi connectivity index (χ4v) is 2.58. The van der Waals surface area contributed by atoms with E-state index < -0.39 is 0 Å². The molecular formula is C15H29N5OS. The number of nitrogens with two attached hydrogens (primary N) is 1. The maximum absolute atomic E-state index is 11.8. The Morgan fingerprint density at radius 3 is 2.55 bits per heavy atom. The second-order valence-electron chi connectivity index (χ2n) is 6.15. The molecule has 2 unspecified atom stereocenters. The molecule has 0 saturated heterocycles. The van der Waals surface area contributed by atoms with Crippen molar-refractivity contribution in [1.29, 1.82) is 0 Å². The average molecular weight is 327 g/mol. The summed E-state index contributed by atoms with van der Waals surface area (Å²) in [7, 11) is 0. The Labute approximate surface area is 137 Å². The molecule has 7 heteroatoms. The lowest BCUT2D eigenvalue weighted by atomic mass is 10.0. The average Bonchev–Trinajstić information content (AvgIpc) is 2.83. The van der Waals surface area contributed by atoms with Crippen LogP contribution in [-0.2, 0) is 17.8 Å². The van der Waals surface area contributed by atoms with Gasteiger partial charge in [0.15, 0.2) is 5.16 Å². The van der Waals surface area contributed by atoms with Crippen molar-refractivity contribution in [2.75, 3.05) is 12.8 Å². The standard InChI is InChI=1S/C15H29N5OS/c1-10(2)9-20-13(18-19-15(20)22-5)7-6-8-17-14(21)11(3)12(4)16/h10-12H,6-9,16H2,1-5H3,(H,17,21). The van der Waals surface area contributed by atoms with Crippen LogP contribution >= 0.6 is 11.8 Å². The topological polar surface area (TPSA) is 85.8 Å². The number of amides is 1. The molecule has 1 rings (SSSR count). The highest BCUT2D eigenvalue weighted by atomic mass is 32.2. The zero-order chi connectivity index (χ0) is 16.7. The number of nitrogens with one attached hydrogen (secondary N) is 1. The van der Waals surface area contributed by atoms with Crippen LogP contribution in [0.4, 0.5) is 0 Å². The normalized spacial score (nSPS) is 14.1. The highest BCUT2D eigenvalue weighted by Gasteiger charge is 2.16. The Morgan fingerprint density at radius 1 is 1.32 bits per heavy atom. The van der Waals surface area contributed by atoms with E-state index in [1.54, 1.807) is 11.8 Å². The van der Waals surface area contributed by atoms with Gasteiger partial charge in [0, 0.05) is 31.5 Å². The fourth-order valence-electron chi connectivity index (χ4n) is 2.06. The van der Waals surface area contributed by atoms with Gasteiger partial charge < -0.3 is 15.6 Å². The van der Waals surface area contributed by atoms with E-state index in [0.717, 1.165) is 30.4 Å². The third-order valence-electron chi connectivity index (χ3n) is 3.60. The van der Waals surface area contributed by atoms with Gasteiger partial charge in [-0.25, -0.2) is 0 Å². The van der Waals surface area contributed by atoms with E-state index in [-0.39, 0.29) is 17.9 Å². The quantitative estimate of drug-likeness (QED) is 0.532. The molecule has 1 aromatic rings. The lowest BCUT2D eigenvalue weighted by Gasteiger charge is -2.15. The van der Waals surface area contributed by atoms with Gasteiger partial charge in [0.1, 0.15) is 5.82 Å². The molecule has 126 valence electrons. The van der Waals surface area contributed by atoms with E-state index in [1.165, 1.54) is 0 Å². The van der Waals surface area contributed by atoms with Gasteiger partial charge in [0.2, 0.25) is 5.91 Å². The van der Waals surface area contributed by atoms with E-state index in [9.17, 15) is 4.79 Å². The molecule has 0 aliphatic rings. The Balaban J connectivity index is 2.48. The number of thioether (sulfide) groups is 1. The van der Waals surface area contributed by atoms with Gasteiger partial charge >= 0.3 is 0 Å². The minimum atomic E-state index is -0.160. The smallest absolute Gasteiger partial charge is 0.224 e. The molecule has 1 heterocycles. The summed E-state index contributed by atoms with van der Waals surface area (Å²) in [5, 5.41) is 12.4. The Hall–Kier alpha value is -1.08. The summed E-state index contributed by atoms with van der Waals surface area (Å²) in [4.78, 5) is 11.8. The lowest BCUT2D eigenvalue weighted by Crippen LogP contribution is -2.39. The molecule has 0 saturated carbocycles. The monoisotopic (exact) mass is 327 g/mol. The number of aromatic nitrogens is 3. The molecule has 0 fully saturated rings. The number of nitrogens with zero attached hydrogens (tertiary/aromatic N) is 3. The molecule has 6 nitrogen and oxygen atoms in total. The van der Waals surface area contributed by atoms with Crippen LogP contribution in [0.2, 0.25) is 0 Å². The second-order valence-corrected chi connectivity index (χ2v) is 6.92. The number of carbonyl (C=O) groups excluding carboxylic acids is 1. The first-order valence-electron chi connectivity index (χ1n) is 7.86. The number of carbonyl (C=O) groups is 1. The summed E-state index contributed by atoms with van der Waals surface area (Å²) >= 11 is 1.62. The Bertz CT molecular complexity index is 472. The summed E-state index contributed by atoms with van der Waals surface area (Å²) in [6, 6.07) is -0.127. The molecule has 0 radical (unpaired) electrons. The zero-order valence-electron chi connectivity index (χ0n) is 14.3. The number of hydrogen-bond donors (Lipinski definition) is 2. The van der Waals surface area contributed by atoms with Crippen LogP contribution in [0.25, 0.3) is 0 Å². The first kappa shape index (κ1) is 19.0. The maximum Gasteiger partial charge on any atom is 0.224 e. The minimum absolute atomic E-state index is 0.0171. The van der Waals surface area contributed by atoms with Gasteiger partial charge in [-0.05, 0) is 25.5 Å². The summed E-state index contributed by atoms with van der Waals surface area (Å²) in [6.45, 7) is 9.63. The molecule has 0 spiro atoms. The van der Waals surface area contributed by atoms with E-state index in [1.807, 2.05) is 20.1 Å². The van der Waals surface area contributed by atoms with Gasteiger partial charge in [-0.3, -0.25) is 4.79 Å². The lowest BCUT2D eigenvalue weighted by molar-refractivity contribution is -0.124. The van der Waals surface area contributed by atoms with E-state index in [4.69, 9.17) is 5.73 Å². The van der Waals surface area contributed by atoms with Crippen LogP contribution in [0, 0.1) is 11.8 Å². The maximum atomic E-state index is 11.8. The van der Waals surface area contributed by atoms with Crippen LogP contribution in [-0.4, -0.2) is 39.5 Å². The molecule has 1 aromatic heterocycles. The predicted octanol–water partition coefficient (Wildman–Crippen LogP) is 1.69. The first-order chi connectivity index (χ1) is 10.4. The van der Waals surface area contributed by atoms with Gasteiger partial charge in [0.05, 0.1) is 0 Å². The third kappa shape index (κ3) is 5.61. The van der Waals surface area contributed by atoms with E-state index >= 15 is 0 Å². The minimum Gasteiger partial charge on any atom is -0.356 e. The van der Waals surface area contributed by atoms with Crippen molar-refractivity contribution in [1.82, 2.24) is 20.1 Å². The van der Waals surface area contributed by atoms with Crippen LogP contribution in [0.3, 0.4) is 0 Å². The summed E-state index contributed by atoms with van der Waals surface area (Å²) < 4.78 is 2.18. The molecule has 0 aromatic carbocycles. The Morgan fingerprint density at radius 2 is 2.00 bits per heavy atom. The highest BCUT2D eigenvalue weighted by molar-refractivity contribution is 7.98. The SMILES string of the molecule is CSc1nnc(CCCNC(=O)C(C)C(C)N)n1CC(C)C. The molecule has 0 aliphatic heterocycles. The first-order valence-corrected chi connectivity index (χ1v) is 9.08.